The molecule has 1 aromatic carbocycles. The number of benzene rings is 1. The number of rotatable bonds is 11. The molecule has 1 rings (SSSR count). The van der Waals surface area contributed by atoms with Gasteiger partial charge in [-0.3, -0.25) is 0 Å². The zero-order valence-electron chi connectivity index (χ0n) is 12.6. The minimum Gasteiger partial charge on any atom is -0.493 e. The third-order valence-electron chi connectivity index (χ3n) is 2.87. The molecule has 0 saturated carbocycles. The van der Waals surface area contributed by atoms with Crippen LogP contribution in [0.5, 0.6) is 5.75 Å². The Kier molecular flexibility index (Phi) is 9.04. The Morgan fingerprint density at radius 1 is 1.05 bits per heavy atom. The average Bonchev–Trinajstić information content (AvgIpc) is 2.48. The van der Waals surface area contributed by atoms with Crippen molar-refractivity contribution in [3.05, 3.63) is 30.3 Å². The first-order valence-corrected chi connectivity index (χ1v) is 7.29. The quantitative estimate of drug-likeness (QED) is 0.633. The smallest absolute Gasteiger partial charge is 0.119 e. The van der Waals surface area contributed by atoms with Crippen LogP contribution < -0.4 is 10.5 Å². The molecular formula is C16H27NO3. The number of ether oxygens (including phenoxy) is 3. The molecule has 0 aliphatic heterocycles. The highest BCUT2D eigenvalue weighted by Crippen LogP contribution is 2.10. The summed E-state index contributed by atoms with van der Waals surface area (Å²) in [5.74, 6) is 1.28. The zero-order chi connectivity index (χ0) is 14.6. The van der Waals surface area contributed by atoms with Gasteiger partial charge in [0, 0.05) is 19.1 Å². The van der Waals surface area contributed by atoms with E-state index in [9.17, 15) is 0 Å². The normalized spacial score (nSPS) is 13.9. The first-order chi connectivity index (χ1) is 9.72. The van der Waals surface area contributed by atoms with Crippen LogP contribution in [0.2, 0.25) is 0 Å². The molecule has 2 unspecified atom stereocenters. The summed E-state index contributed by atoms with van der Waals surface area (Å²) >= 11 is 0. The van der Waals surface area contributed by atoms with Gasteiger partial charge in [0.25, 0.3) is 0 Å². The molecule has 0 saturated heterocycles. The first kappa shape index (κ1) is 17.0. The molecule has 2 atom stereocenters. The van der Waals surface area contributed by atoms with Crippen molar-refractivity contribution in [1.82, 2.24) is 0 Å². The molecule has 114 valence electrons. The van der Waals surface area contributed by atoms with Gasteiger partial charge in [-0.2, -0.15) is 0 Å². The molecule has 2 N–H and O–H groups in total. The number of hydrogen-bond acceptors (Lipinski definition) is 4. The Bertz CT molecular complexity index is 332. The van der Waals surface area contributed by atoms with E-state index in [-0.39, 0.29) is 6.10 Å². The minimum atomic E-state index is 0.203. The van der Waals surface area contributed by atoms with E-state index in [0.717, 1.165) is 12.2 Å². The predicted octanol–water partition coefficient (Wildman–Crippen LogP) is 2.47. The zero-order valence-corrected chi connectivity index (χ0v) is 12.6. The summed E-state index contributed by atoms with van der Waals surface area (Å²) < 4.78 is 16.8. The van der Waals surface area contributed by atoms with E-state index in [2.05, 4.69) is 6.92 Å². The fraction of sp³-hybridized carbons (Fsp3) is 0.625. The second-order valence-electron chi connectivity index (χ2n) is 5.06. The van der Waals surface area contributed by atoms with Crippen LogP contribution in [0, 0.1) is 5.92 Å². The Hall–Kier alpha value is -1.10. The lowest BCUT2D eigenvalue weighted by molar-refractivity contribution is 0.0248. The van der Waals surface area contributed by atoms with Gasteiger partial charge in [-0.15, -0.1) is 0 Å². The fourth-order valence-corrected chi connectivity index (χ4v) is 1.69. The third kappa shape index (κ3) is 8.15. The van der Waals surface area contributed by atoms with Crippen LogP contribution in [0.15, 0.2) is 30.3 Å². The molecule has 0 heterocycles. The third-order valence-corrected chi connectivity index (χ3v) is 2.87. The van der Waals surface area contributed by atoms with Crippen LogP contribution in [-0.2, 0) is 9.47 Å². The topological polar surface area (TPSA) is 53.7 Å². The SMILES string of the molecule is CC(COCCC(C)OCCN)COc1ccccc1. The molecule has 4 heteroatoms. The Morgan fingerprint density at radius 2 is 1.80 bits per heavy atom. The van der Waals surface area contributed by atoms with Crippen molar-refractivity contribution in [3.8, 4) is 5.75 Å². The highest BCUT2D eigenvalue weighted by atomic mass is 16.5. The summed E-state index contributed by atoms with van der Waals surface area (Å²) in [6, 6.07) is 9.85. The van der Waals surface area contributed by atoms with E-state index in [0.29, 0.717) is 38.9 Å². The van der Waals surface area contributed by atoms with Gasteiger partial charge in [-0.1, -0.05) is 25.1 Å². The van der Waals surface area contributed by atoms with Crippen molar-refractivity contribution in [1.29, 1.82) is 0 Å². The van der Waals surface area contributed by atoms with E-state index in [1.165, 1.54) is 0 Å². The second-order valence-corrected chi connectivity index (χ2v) is 5.06. The van der Waals surface area contributed by atoms with Crippen LogP contribution in [0.4, 0.5) is 0 Å². The monoisotopic (exact) mass is 281 g/mol. The van der Waals surface area contributed by atoms with Crippen molar-refractivity contribution in [2.45, 2.75) is 26.4 Å². The average molecular weight is 281 g/mol. The van der Waals surface area contributed by atoms with E-state index >= 15 is 0 Å². The van der Waals surface area contributed by atoms with Gasteiger partial charge in [0.05, 0.1) is 25.9 Å². The summed E-state index contributed by atoms with van der Waals surface area (Å²) in [4.78, 5) is 0. The van der Waals surface area contributed by atoms with Crippen LogP contribution in [-0.4, -0.2) is 39.1 Å². The Morgan fingerprint density at radius 3 is 2.50 bits per heavy atom. The van der Waals surface area contributed by atoms with Crippen molar-refractivity contribution in [3.63, 3.8) is 0 Å². The molecule has 0 bridgehead atoms. The molecule has 0 spiro atoms. The van der Waals surface area contributed by atoms with Crippen LogP contribution in [0.25, 0.3) is 0 Å². The molecule has 0 amide bonds. The Balaban J connectivity index is 2.01. The predicted molar refractivity (Wildman–Crippen MR) is 81.0 cm³/mol. The fourth-order valence-electron chi connectivity index (χ4n) is 1.69. The lowest BCUT2D eigenvalue weighted by Gasteiger charge is -2.15. The van der Waals surface area contributed by atoms with Gasteiger partial charge in [0.2, 0.25) is 0 Å². The number of para-hydroxylation sites is 1. The summed E-state index contributed by atoms with van der Waals surface area (Å²) in [7, 11) is 0. The van der Waals surface area contributed by atoms with Gasteiger partial charge in [0.15, 0.2) is 0 Å². The molecule has 0 aliphatic rings. The maximum Gasteiger partial charge on any atom is 0.119 e. The highest BCUT2D eigenvalue weighted by molar-refractivity contribution is 5.20. The largest absolute Gasteiger partial charge is 0.493 e. The van der Waals surface area contributed by atoms with Crippen LogP contribution in [0.3, 0.4) is 0 Å². The van der Waals surface area contributed by atoms with Crippen molar-refractivity contribution >= 4 is 0 Å². The maximum absolute atomic E-state index is 5.68. The molecular weight excluding hydrogens is 254 g/mol. The lowest BCUT2D eigenvalue weighted by Crippen LogP contribution is -2.19. The summed E-state index contributed by atoms with van der Waals surface area (Å²) in [6.45, 7) is 7.43. The molecule has 0 aromatic heterocycles. The summed E-state index contributed by atoms with van der Waals surface area (Å²) in [5, 5.41) is 0. The lowest BCUT2D eigenvalue weighted by atomic mass is 10.2. The van der Waals surface area contributed by atoms with Gasteiger partial charge in [0.1, 0.15) is 5.75 Å². The molecule has 4 nitrogen and oxygen atoms in total. The van der Waals surface area contributed by atoms with Crippen molar-refractivity contribution in [2.24, 2.45) is 11.7 Å². The van der Waals surface area contributed by atoms with Gasteiger partial charge >= 0.3 is 0 Å². The van der Waals surface area contributed by atoms with Crippen LogP contribution >= 0.6 is 0 Å². The summed E-state index contributed by atoms with van der Waals surface area (Å²) in [5.41, 5.74) is 5.38. The van der Waals surface area contributed by atoms with Crippen LogP contribution in [0.1, 0.15) is 20.3 Å². The van der Waals surface area contributed by atoms with E-state index < -0.39 is 0 Å². The molecule has 0 fully saturated rings. The first-order valence-electron chi connectivity index (χ1n) is 7.29. The second kappa shape index (κ2) is 10.7. The number of nitrogens with two attached hydrogens (primary N) is 1. The van der Waals surface area contributed by atoms with Gasteiger partial charge < -0.3 is 19.9 Å². The molecule has 1 aromatic rings. The van der Waals surface area contributed by atoms with E-state index in [1.807, 2.05) is 37.3 Å². The molecule has 20 heavy (non-hydrogen) atoms. The number of hydrogen-bond donors (Lipinski definition) is 1. The van der Waals surface area contributed by atoms with E-state index in [1.54, 1.807) is 0 Å². The maximum atomic E-state index is 5.68. The van der Waals surface area contributed by atoms with Crippen molar-refractivity contribution in [2.75, 3.05) is 33.0 Å². The highest BCUT2D eigenvalue weighted by Gasteiger charge is 2.05. The summed E-state index contributed by atoms with van der Waals surface area (Å²) in [6.07, 6.45) is 1.10. The van der Waals surface area contributed by atoms with Gasteiger partial charge in [-0.05, 0) is 25.5 Å². The van der Waals surface area contributed by atoms with Gasteiger partial charge in [-0.25, -0.2) is 0 Å². The Labute approximate surface area is 122 Å². The van der Waals surface area contributed by atoms with E-state index in [4.69, 9.17) is 19.9 Å². The molecule has 0 radical (unpaired) electrons. The minimum absolute atomic E-state index is 0.203. The van der Waals surface area contributed by atoms with Crippen molar-refractivity contribution < 1.29 is 14.2 Å². The standard InChI is InChI=1S/C16H27NO3/c1-14(13-20-16-6-4-3-5-7-16)12-18-10-8-15(2)19-11-9-17/h3-7,14-15H,8-13,17H2,1-2H3. The molecule has 0 aliphatic carbocycles.